The first kappa shape index (κ1) is 15.9. The highest BCUT2D eigenvalue weighted by atomic mass is 16.5. The summed E-state index contributed by atoms with van der Waals surface area (Å²) in [6.45, 7) is 7.65. The van der Waals surface area contributed by atoms with Crippen LogP contribution in [0.3, 0.4) is 0 Å². The third kappa shape index (κ3) is 4.00. The van der Waals surface area contributed by atoms with E-state index in [1.807, 2.05) is 20.8 Å². The Kier molecular flexibility index (Phi) is 6.16. The van der Waals surface area contributed by atoms with Crippen molar-refractivity contribution in [1.82, 2.24) is 5.32 Å². The Balaban J connectivity index is 4.78. The second-order valence-electron chi connectivity index (χ2n) is 4.84. The van der Waals surface area contributed by atoms with Crippen LogP contribution in [0.25, 0.3) is 0 Å². The minimum atomic E-state index is -0.638. The average Bonchev–Trinajstić information content (AvgIpc) is 2.33. The lowest BCUT2D eigenvalue weighted by atomic mass is 9.86. The minimum absolute atomic E-state index is 0.0229. The van der Waals surface area contributed by atoms with E-state index in [4.69, 9.17) is 5.73 Å². The quantitative estimate of drug-likeness (QED) is 0.673. The zero-order valence-corrected chi connectivity index (χ0v) is 11.4. The fourth-order valence-corrected chi connectivity index (χ4v) is 1.34. The van der Waals surface area contributed by atoms with Gasteiger partial charge in [0, 0.05) is 6.54 Å². The number of methoxy groups -OCH3 is 1. The van der Waals surface area contributed by atoms with Crippen molar-refractivity contribution >= 4 is 11.9 Å². The fraction of sp³-hybridized carbons (Fsp3) is 0.833. The first-order valence-corrected chi connectivity index (χ1v) is 5.91. The van der Waals surface area contributed by atoms with Gasteiger partial charge >= 0.3 is 5.97 Å². The SMILES string of the molecule is CCC(C)(CN)C(=O)NC(C(=O)OC)C(C)C. The summed E-state index contributed by atoms with van der Waals surface area (Å²) < 4.78 is 4.67. The van der Waals surface area contributed by atoms with E-state index in [9.17, 15) is 9.59 Å². The first-order valence-electron chi connectivity index (χ1n) is 5.91. The molecule has 100 valence electrons. The number of hydrogen-bond donors (Lipinski definition) is 2. The summed E-state index contributed by atoms with van der Waals surface area (Å²) in [6, 6.07) is -0.620. The second kappa shape index (κ2) is 6.59. The summed E-state index contributed by atoms with van der Waals surface area (Å²) in [5.41, 5.74) is 4.96. The van der Waals surface area contributed by atoms with E-state index < -0.39 is 17.4 Å². The normalized spacial score (nSPS) is 16.2. The van der Waals surface area contributed by atoms with Crippen LogP contribution in [0.2, 0.25) is 0 Å². The molecule has 5 heteroatoms. The molecule has 0 aromatic heterocycles. The van der Waals surface area contributed by atoms with Gasteiger partial charge in [0.15, 0.2) is 0 Å². The largest absolute Gasteiger partial charge is 0.467 e. The molecule has 0 radical (unpaired) electrons. The number of ether oxygens (including phenoxy) is 1. The number of esters is 1. The van der Waals surface area contributed by atoms with Crippen molar-refractivity contribution in [2.24, 2.45) is 17.1 Å². The Morgan fingerprint density at radius 2 is 1.94 bits per heavy atom. The summed E-state index contributed by atoms with van der Waals surface area (Å²) in [5.74, 6) is -0.652. The number of amides is 1. The van der Waals surface area contributed by atoms with Gasteiger partial charge in [-0.05, 0) is 19.3 Å². The monoisotopic (exact) mass is 244 g/mol. The van der Waals surface area contributed by atoms with Gasteiger partial charge in [0.2, 0.25) is 5.91 Å². The molecule has 0 heterocycles. The van der Waals surface area contributed by atoms with Crippen molar-refractivity contribution < 1.29 is 14.3 Å². The van der Waals surface area contributed by atoms with Crippen LogP contribution in [0.5, 0.6) is 0 Å². The van der Waals surface area contributed by atoms with Gasteiger partial charge in [-0.25, -0.2) is 4.79 Å². The van der Waals surface area contributed by atoms with Crippen molar-refractivity contribution in [2.75, 3.05) is 13.7 Å². The number of carbonyl (C=O) groups is 2. The Morgan fingerprint density at radius 1 is 1.41 bits per heavy atom. The molecule has 0 aliphatic carbocycles. The molecule has 0 rings (SSSR count). The van der Waals surface area contributed by atoms with Crippen molar-refractivity contribution in [3.63, 3.8) is 0 Å². The van der Waals surface area contributed by atoms with E-state index in [0.717, 1.165) is 0 Å². The van der Waals surface area contributed by atoms with Gasteiger partial charge in [0.1, 0.15) is 6.04 Å². The van der Waals surface area contributed by atoms with Crippen LogP contribution in [-0.4, -0.2) is 31.6 Å². The zero-order valence-electron chi connectivity index (χ0n) is 11.4. The summed E-state index contributed by atoms with van der Waals surface area (Å²) >= 11 is 0. The standard InChI is InChI=1S/C12H24N2O3/c1-6-12(4,7-13)11(16)14-9(8(2)3)10(15)17-5/h8-9H,6-7,13H2,1-5H3,(H,14,16). The third-order valence-corrected chi connectivity index (χ3v) is 3.19. The zero-order chi connectivity index (χ0) is 13.6. The number of nitrogens with one attached hydrogen (secondary N) is 1. The molecular formula is C12H24N2O3. The molecule has 0 saturated heterocycles. The average molecular weight is 244 g/mol. The van der Waals surface area contributed by atoms with E-state index in [1.165, 1.54) is 7.11 Å². The van der Waals surface area contributed by atoms with Gasteiger partial charge in [-0.15, -0.1) is 0 Å². The molecule has 1 amide bonds. The Hall–Kier alpha value is -1.10. The molecule has 0 bridgehead atoms. The maximum absolute atomic E-state index is 12.1. The molecule has 2 atom stereocenters. The topological polar surface area (TPSA) is 81.4 Å². The molecule has 2 unspecified atom stereocenters. The Labute approximate surface area is 103 Å². The molecule has 17 heavy (non-hydrogen) atoms. The fourth-order valence-electron chi connectivity index (χ4n) is 1.34. The molecule has 0 aromatic rings. The van der Waals surface area contributed by atoms with Crippen LogP contribution in [0.1, 0.15) is 34.1 Å². The van der Waals surface area contributed by atoms with E-state index in [-0.39, 0.29) is 18.4 Å². The van der Waals surface area contributed by atoms with Crippen LogP contribution < -0.4 is 11.1 Å². The molecule has 0 aliphatic rings. The van der Waals surface area contributed by atoms with Gasteiger partial charge in [-0.2, -0.15) is 0 Å². The minimum Gasteiger partial charge on any atom is -0.467 e. The smallest absolute Gasteiger partial charge is 0.328 e. The van der Waals surface area contributed by atoms with Gasteiger partial charge in [-0.3, -0.25) is 4.79 Å². The number of nitrogens with two attached hydrogens (primary N) is 1. The van der Waals surface area contributed by atoms with Crippen LogP contribution >= 0.6 is 0 Å². The van der Waals surface area contributed by atoms with Crippen LogP contribution in [0.15, 0.2) is 0 Å². The molecule has 0 aromatic carbocycles. The van der Waals surface area contributed by atoms with Crippen LogP contribution in [-0.2, 0) is 14.3 Å². The molecule has 0 fully saturated rings. The molecule has 0 aliphatic heterocycles. The van der Waals surface area contributed by atoms with Crippen molar-refractivity contribution in [1.29, 1.82) is 0 Å². The van der Waals surface area contributed by atoms with Crippen molar-refractivity contribution in [2.45, 2.75) is 40.2 Å². The Morgan fingerprint density at radius 3 is 2.24 bits per heavy atom. The van der Waals surface area contributed by atoms with Crippen LogP contribution in [0.4, 0.5) is 0 Å². The number of rotatable bonds is 6. The van der Waals surface area contributed by atoms with Gasteiger partial charge in [0.25, 0.3) is 0 Å². The van der Waals surface area contributed by atoms with Gasteiger partial charge < -0.3 is 15.8 Å². The van der Waals surface area contributed by atoms with Gasteiger partial charge in [0.05, 0.1) is 12.5 Å². The lowest BCUT2D eigenvalue weighted by Gasteiger charge is -2.28. The number of hydrogen-bond acceptors (Lipinski definition) is 4. The lowest BCUT2D eigenvalue weighted by molar-refractivity contribution is -0.147. The molecule has 0 spiro atoms. The lowest BCUT2D eigenvalue weighted by Crippen LogP contribution is -2.52. The highest BCUT2D eigenvalue weighted by Crippen LogP contribution is 2.20. The summed E-state index contributed by atoms with van der Waals surface area (Å²) in [5, 5.41) is 2.72. The predicted molar refractivity (Wildman–Crippen MR) is 66.2 cm³/mol. The van der Waals surface area contributed by atoms with E-state index >= 15 is 0 Å². The van der Waals surface area contributed by atoms with Gasteiger partial charge in [-0.1, -0.05) is 20.8 Å². The molecule has 3 N–H and O–H groups in total. The van der Waals surface area contributed by atoms with Crippen molar-refractivity contribution in [3.05, 3.63) is 0 Å². The highest BCUT2D eigenvalue weighted by Gasteiger charge is 2.34. The molecular weight excluding hydrogens is 220 g/mol. The predicted octanol–water partition coefficient (Wildman–Crippen LogP) is 0.675. The third-order valence-electron chi connectivity index (χ3n) is 3.19. The maximum Gasteiger partial charge on any atom is 0.328 e. The van der Waals surface area contributed by atoms with E-state index in [0.29, 0.717) is 6.42 Å². The Bertz CT molecular complexity index is 273. The molecule has 0 saturated carbocycles. The summed E-state index contributed by atoms with van der Waals surface area (Å²) in [6.07, 6.45) is 0.626. The first-order chi connectivity index (χ1) is 7.82. The number of carbonyl (C=O) groups excluding carboxylic acids is 2. The van der Waals surface area contributed by atoms with Crippen molar-refractivity contribution in [3.8, 4) is 0 Å². The van der Waals surface area contributed by atoms with Crippen LogP contribution in [0, 0.1) is 11.3 Å². The summed E-state index contributed by atoms with van der Waals surface area (Å²) in [4.78, 5) is 23.6. The van der Waals surface area contributed by atoms with E-state index in [2.05, 4.69) is 10.1 Å². The highest BCUT2D eigenvalue weighted by molar-refractivity contribution is 5.88. The van der Waals surface area contributed by atoms with E-state index in [1.54, 1.807) is 6.92 Å². The summed E-state index contributed by atoms with van der Waals surface area (Å²) in [7, 11) is 1.31. The second-order valence-corrected chi connectivity index (χ2v) is 4.84. The molecule has 5 nitrogen and oxygen atoms in total. The maximum atomic E-state index is 12.1.